The number of rotatable bonds is 1. The third kappa shape index (κ3) is 1.22. The first-order valence-corrected chi connectivity index (χ1v) is 4.04. The fourth-order valence-corrected chi connectivity index (χ4v) is 1.47. The van der Waals surface area contributed by atoms with Crippen LogP contribution in [0.3, 0.4) is 0 Å². The molecule has 0 spiro atoms. The van der Waals surface area contributed by atoms with E-state index in [0.29, 0.717) is 5.56 Å². The smallest absolute Gasteiger partial charge is 0.339 e. The Bertz CT molecular complexity index is 405. The van der Waals surface area contributed by atoms with Crippen molar-refractivity contribution in [1.29, 1.82) is 0 Å². The molecule has 0 aromatic heterocycles. The number of halogens is 1. The molecule has 2 rings (SSSR count). The van der Waals surface area contributed by atoms with Gasteiger partial charge in [-0.15, -0.1) is 0 Å². The molecule has 1 atom stereocenters. The highest BCUT2D eigenvalue weighted by atomic mass is 19.1. The summed E-state index contributed by atoms with van der Waals surface area (Å²) in [5.41, 5.74) is 5.85. The van der Waals surface area contributed by atoms with Crippen LogP contribution in [0.5, 0.6) is 5.75 Å². The van der Waals surface area contributed by atoms with Gasteiger partial charge in [0.2, 0.25) is 0 Å². The van der Waals surface area contributed by atoms with Crippen LogP contribution >= 0.6 is 0 Å². The van der Waals surface area contributed by atoms with Gasteiger partial charge in [0.1, 0.15) is 23.7 Å². The molecule has 5 heteroatoms. The number of fused-ring (bicyclic) bond motifs is 1. The molecule has 0 unspecified atom stereocenters. The fourth-order valence-electron chi connectivity index (χ4n) is 1.47. The maximum absolute atomic E-state index is 13.0. The van der Waals surface area contributed by atoms with Crippen LogP contribution in [0.15, 0.2) is 12.1 Å². The van der Waals surface area contributed by atoms with Crippen molar-refractivity contribution in [1.82, 2.24) is 0 Å². The molecule has 1 heterocycles. The van der Waals surface area contributed by atoms with E-state index in [1.807, 2.05) is 0 Å². The normalized spacial score (nSPS) is 18.9. The maximum Gasteiger partial charge on any atom is 0.339 e. The lowest BCUT2D eigenvalue weighted by Crippen LogP contribution is -2.10. The summed E-state index contributed by atoms with van der Waals surface area (Å²) in [7, 11) is 0. The topological polar surface area (TPSA) is 72.5 Å². The molecule has 0 radical (unpaired) electrons. The molecule has 3 N–H and O–H groups in total. The Morgan fingerprint density at radius 2 is 2.36 bits per heavy atom. The summed E-state index contributed by atoms with van der Waals surface area (Å²) in [5, 5.41) is 8.77. The Hall–Kier alpha value is -1.62. The summed E-state index contributed by atoms with van der Waals surface area (Å²) in [4.78, 5) is 10.7. The molecule has 0 fully saturated rings. The summed E-state index contributed by atoms with van der Waals surface area (Å²) >= 11 is 0. The van der Waals surface area contributed by atoms with E-state index in [1.54, 1.807) is 0 Å². The number of carboxylic acids is 1. The molecule has 4 nitrogen and oxygen atoms in total. The Morgan fingerprint density at radius 1 is 1.64 bits per heavy atom. The third-order valence-electron chi connectivity index (χ3n) is 2.12. The van der Waals surface area contributed by atoms with Crippen LogP contribution < -0.4 is 10.5 Å². The number of benzene rings is 1. The molecular weight excluding hydrogens is 189 g/mol. The first-order valence-electron chi connectivity index (χ1n) is 4.04. The number of aromatic carboxylic acids is 1. The van der Waals surface area contributed by atoms with E-state index >= 15 is 0 Å². The second-order valence-electron chi connectivity index (χ2n) is 3.09. The van der Waals surface area contributed by atoms with Crippen LogP contribution in [-0.4, -0.2) is 17.7 Å². The zero-order valence-electron chi connectivity index (χ0n) is 7.16. The number of carbonyl (C=O) groups is 1. The molecule has 74 valence electrons. The van der Waals surface area contributed by atoms with Crippen molar-refractivity contribution in [2.45, 2.75) is 6.04 Å². The van der Waals surface area contributed by atoms with Gasteiger partial charge in [-0.1, -0.05) is 0 Å². The van der Waals surface area contributed by atoms with Crippen LogP contribution in [0.2, 0.25) is 0 Å². The Labute approximate surface area is 79.1 Å². The summed E-state index contributed by atoms with van der Waals surface area (Å²) in [6.45, 7) is 0.194. The largest absolute Gasteiger partial charge is 0.490 e. The van der Waals surface area contributed by atoms with Gasteiger partial charge >= 0.3 is 5.97 Å². The van der Waals surface area contributed by atoms with Crippen molar-refractivity contribution < 1.29 is 19.0 Å². The molecule has 0 saturated carbocycles. The molecule has 1 aromatic carbocycles. The molecule has 1 aromatic rings. The second kappa shape index (κ2) is 2.95. The van der Waals surface area contributed by atoms with E-state index in [4.69, 9.17) is 15.6 Å². The van der Waals surface area contributed by atoms with E-state index in [-0.39, 0.29) is 17.9 Å². The summed E-state index contributed by atoms with van der Waals surface area (Å²) < 4.78 is 18.1. The highest BCUT2D eigenvalue weighted by molar-refractivity contribution is 5.91. The van der Waals surface area contributed by atoms with Crippen molar-refractivity contribution in [3.8, 4) is 5.75 Å². The minimum atomic E-state index is -1.21. The Morgan fingerprint density at radius 3 is 3.00 bits per heavy atom. The second-order valence-corrected chi connectivity index (χ2v) is 3.09. The number of carboxylic acid groups (broad SMARTS) is 1. The van der Waals surface area contributed by atoms with Gasteiger partial charge in [0.15, 0.2) is 0 Å². The lowest BCUT2D eigenvalue weighted by Gasteiger charge is -2.04. The minimum Gasteiger partial charge on any atom is -0.490 e. The first-order chi connectivity index (χ1) is 6.59. The van der Waals surface area contributed by atoms with Gasteiger partial charge in [-0.3, -0.25) is 0 Å². The van der Waals surface area contributed by atoms with Gasteiger partial charge in [-0.05, 0) is 12.1 Å². The van der Waals surface area contributed by atoms with Crippen LogP contribution in [0, 0.1) is 5.82 Å². The zero-order valence-corrected chi connectivity index (χ0v) is 7.16. The van der Waals surface area contributed by atoms with Crippen molar-refractivity contribution in [3.63, 3.8) is 0 Å². The van der Waals surface area contributed by atoms with E-state index in [1.165, 1.54) is 6.07 Å². The summed E-state index contributed by atoms with van der Waals surface area (Å²) in [6, 6.07) is 1.69. The third-order valence-corrected chi connectivity index (χ3v) is 2.12. The monoisotopic (exact) mass is 197 g/mol. The molecule has 0 bridgehead atoms. The van der Waals surface area contributed by atoms with E-state index in [9.17, 15) is 9.18 Å². The summed E-state index contributed by atoms with van der Waals surface area (Å²) in [6.07, 6.45) is 0. The van der Waals surface area contributed by atoms with E-state index < -0.39 is 17.8 Å². The average molecular weight is 197 g/mol. The van der Waals surface area contributed by atoms with Gasteiger partial charge in [-0.25, -0.2) is 9.18 Å². The van der Waals surface area contributed by atoms with Crippen molar-refractivity contribution in [2.75, 3.05) is 6.61 Å². The molecule has 14 heavy (non-hydrogen) atoms. The molecule has 1 aliphatic heterocycles. The van der Waals surface area contributed by atoms with Crippen LogP contribution in [0.1, 0.15) is 22.0 Å². The summed E-state index contributed by atoms with van der Waals surface area (Å²) in [5.74, 6) is -1.64. The van der Waals surface area contributed by atoms with Crippen molar-refractivity contribution in [3.05, 3.63) is 29.1 Å². The van der Waals surface area contributed by atoms with Crippen molar-refractivity contribution >= 4 is 5.97 Å². The SMILES string of the molecule is N[C@@H]1COc2c(C(=O)O)cc(F)cc21. The van der Waals surface area contributed by atoms with E-state index in [2.05, 4.69) is 0 Å². The van der Waals surface area contributed by atoms with Gasteiger partial charge in [-0.2, -0.15) is 0 Å². The quantitative estimate of drug-likeness (QED) is 0.702. The lowest BCUT2D eigenvalue weighted by molar-refractivity contribution is 0.0692. The maximum atomic E-state index is 13.0. The average Bonchev–Trinajstić information content (AvgIpc) is 2.47. The van der Waals surface area contributed by atoms with Gasteiger partial charge < -0.3 is 15.6 Å². The predicted octanol–water partition coefficient (Wildman–Crippen LogP) is 0.916. The molecule has 1 aliphatic rings. The highest BCUT2D eigenvalue weighted by Crippen LogP contribution is 2.35. The predicted molar refractivity (Wildman–Crippen MR) is 45.8 cm³/mol. The van der Waals surface area contributed by atoms with E-state index in [0.717, 1.165) is 6.07 Å². The fraction of sp³-hybridized carbons (Fsp3) is 0.222. The molecule has 0 saturated heterocycles. The van der Waals surface area contributed by atoms with Crippen molar-refractivity contribution in [2.24, 2.45) is 5.73 Å². The molecule has 0 amide bonds. The molecular formula is C9H8FNO3. The first kappa shape index (κ1) is 8.96. The highest BCUT2D eigenvalue weighted by Gasteiger charge is 2.27. The van der Waals surface area contributed by atoms with Gasteiger partial charge in [0.25, 0.3) is 0 Å². The Balaban J connectivity index is 2.63. The number of hydrogen-bond acceptors (Lipinski definition) is 3. The zero-order chi connectivity index (χ0) is 10.3. The number of nitrogens with two attached hydrogens (primary N) is 1. The number of hydrogen-bond donors (Lipinski definition) is 2. The van der Waals surface area contributed by atoms with Crippen LogP contribution in [0.4, 0.5) is 4.39 Å². The lowest BCUT2D eigenvalue weighted by atomic mass is 10.1. The standard InChI is InChI=1S/C9H8FNO3/c10-4-1-5-7(11)3-14-8(5)6(2-4)9(12)13/h1-2,7H,3,11H2,(H,12,13)/t7-/m1/s1. The van der Waals surface area contributed by atoms with Gasteiger partial charge in [0.05, 0.1) is 6.04 Å². The Kier molecular flexibility index (Phi) is 1.89. The molecule has 0 aliphatic carbocycles. The number of ether oxygens (including phenoxy) is 1. The van der Waals surface area contributed by atoms with Gasteiger partial charge in [0, 0.05) is 5.56 Å². The van der Waals surface area contributed by atoms with Crippen LogP contribution in [-0.2, 0) is 0 Å². The minimum absolute atomic E-state index is 0.173. The van der Waals surface area contributed by atoms with Crippen LogP contribution in [0.25, 0.3) is 0 Å².